The first-order valence-corrected chi connectivity index (χ1v) is 8.44. The van der Waals surface area contributed by atoms with E-state index in [2.05, 4.69) is 17.6 Å². The molecule has 2 aromatic carbocycles. The van der Waals surface area contributed by atoms with Gasteiger partial charge in [0, 0.05) is 11.8 Å². The lowest BCUT2D eigenvalue weighted by molar-refractivity contribution is -0.384. The van der Waals surface area contributed by atoms with Gasteiger partial charge in [-0.2, -0.15) is 0 Å². The lowest BCUT2D eigenvalue weighted by Crippen LogP contribution is -2.33. The number of hydrogen-bond acceptors (Lipinski definition) is 4. The first-order chi connectivity index (χ1) is 12.0. The van der Waals surface area contributed by atoms with Crippen LogP contribution in [-0.2, 0) is 4.79 Å². The quantitative estimate of drug-likeness (QED) is 0.416. The molecule has 0 radical (unpaired) electrons. The van der Waals surface area contributed by atoms with Crippen LogP contribution in [-0.4, -0.2) is 17.4 Å². The Labute approximate surface area is 151 Å². The average molecular weight is 362 g/mol. The van der Waals surface area contributed by atoms with Crippen LogP contribution in [0.4, 0.5) is 11.4 Å². The number of benzene rings is 2. The molecule has 0 saturated carbocycles. The zero-order valence-electron chi connectivity index (χ0n) is 13.9. The van der Waals surface area contributed by atoms with E-state index in [1.54, 1.807) is 6.07 Å². The minimum Gasteiger partial charge on any atom is -0.324 e. The topological polar surface area (TPSA) is 84.3 Å². The number of amides is 1. The minimum absolute atomic E-state index is 0.0312. The predicted molar refractivity (Wildman–Crippen MR) is 98.8 cm³/mol. The molecule has 0 unspecified atom stereocenters. The van der Waals surface area contributed by atoms with Gasteiger partial charge in [-0.1, -0.05) is 55.3 Å². The van der Waals surface area contributed by atoms with E-state index in [0.29, 0.717) is 12.2 Å². The largest absolute Gasteiger partial charge is 0.324 e. The predicted octanol–water partition coefficient (Wildman–Crippen LogP) is 4.32. The highest BCUT2D eigenvalue weighted by atomic mass is 35.5. The SMILES string of the molecule is CCCCN[C@@H](C(=O)Nc1ccc(Cl)c([N+](=O)[O-])c1)c1ccccc1. The summed E-state index contributed by atoms with van der Waals surface area (Å²) in [6.45, 7) is 2.77. The zero-order valence-corrected chi connectivity index (χ0v) is 14.6. The summed E-state index contributed by atoms with van der Waals surface area (Å²) < 4.78 is 0. The van der Waals surface area contributed by atoms with Crippen molar-refractivity contribution in [2.75, 3.05) is 11.9 Å². The second-order valence-electron chi connectivity index (χ2n) is 5.56. The molecule has 0 aliphatic heterocycles. The summed E-state index contributed by atoms with van der Waals surface area (Å²) in [4.78, 5) is 23.1. The van der Waals surface area contributed by atoms with Crippen molar-refractivity contribution in [3.8, 4) is 0 Å². The van der Waals surface area contributed by atoms with Crippen LogP contribution in [0.15, 0.2) is 48.5 Å². The molecule has 0 aliphatic carbocycles. The number of rotatable bonds is 8. The van der Waals surface area contributed by atoms with E-state index in [0.717, 1.165) is 18.4 Å². The minimum atomic E-state index is -0.577. The molecular formula is C18H20ClN3O3. The summed E-state index contributed by atoms with van der Waals surface area (Å²) in [6, 6.07) is 13.0. The Morgan fingerprint density at radius 3 is 2.60 bits per heavy atom. The zero-order chi connectivity index (χ0) is 18.2. The van der Waals surface area contributed by atoms with Gasteiger partial charge in [0.1, 0.15) is 11.1 Å². The number of carbonyl (C=O) groups is 1. The van der Waals surface area contributed by atoms with Gasteiger partial charge in [-0.25, -0.2) is 0 Å². The molecule has 0 bridgehead atoms. The Morgan fingerprint density at radius 2 is 1.96 bits per heavy atom. The molecule has 0 spiro atoms. The van der Waals surface area contributed by atoms with Gasteiger partial charge >= 0.3 is 0 Å². The molecule has 0 saturated heterocycles. The summed E-state index contributed by atoms with van der Waals surface area (Å²) in [6.07, 6.45) is 1.96. The van der Waals surface area contributed by atoms with Crippen LogP contribution in [0.1, 0.15) is 31.4 Å². The van der Waals surface area contributed by atoms with E-state index in [9.17, 15) is 14.9 Å². The molecule has 6 nitrogen and oxygen atoms in total. The van der Waals surface area contributed by atoms with Crippen molar-refractivity contribution in [2.24, 2.45) is 0 Å². The average Bonchev–Trinajstić information content (AvgIpc) is 2.61. The lowest BCUT2D eigenvalue weighted by atomic mass is 10.1. The maximum atomic E-state index is 12.7. The van der Waals surface area contributed by atoms with Crippen molar-refractivity contribution < 1.29 is 9.72 Å². The fourth-order valence-corrected chi connectivity index (χ4v) is 2.56. The number of halogens is 1. The molecular weight excluding hydrogens is 342 g/mol. The van der Waals surface area contributed by atoms with E-state index in [4.69, 9.17) is 11.6 Å². The third kappa shape index (κ3) is 5.27. The Morgan fingerprint density at radius 1 is 1.24 bits per heavy atom. The Bertz CT molecular complexity index is 738. The van der Waals surface area contributed by atoms with Crippen LogP contribution in [0.3, 0.4) is 0 Å². The van der Waals surface area contributed by atoms with E-state index in [1.165, 1.54) is 12.1 Å². The van der Waals surface area contributed by atoms with Crippen LogP contribution in [0.25, 0.3) is 0 Å². The molecule has 2 rings (SSSR count). The van der Waals surface area contributed by atoms with Crippen molar-refractivity contribution in [2.45, 2.75) is 25.8 Å². The monoisotopic (exact) mass is 361 g/mol. The van der Waals surface area contributed by atoms with Crippen LogP contribution < -0.4 is 10.6 Å². The molecule has 0 fully saturated rings. The molecule has 2 aromatic rings. The van der Waals surface area contributed by atoms with Crippen LogP contribution in [0, 0.1) is 10.1 Å². The van der Waals surface area contributed by atoms with Crippen molar-refractivity contribution in [3.63, 3.8) is 0 Å². The summed E-state index contributed by atoms with van der Waals surface area (Å²) in [5.41, 5.74) is 0.925. The van der Waals surface area contributed by atoms with Crippen LogP contribution in [0.5, 0.6) is 0 Å². The number of anilines is 1. The van der Waals surface area contributed by atoms with Gasteiger partial charge in [0.2, 0.25) is 5.91 Å². The molecule has 1 amide bonds. The summed E-state index contributed by atoms with van der Waals surface area (Å²) >= 11 is 5.80. The summed E-state index contributed by atoms with van der Waals surface area (Å²) in [5, 5.41) is 17.0. The fraction of sp³-hybridized carbons (Fsp3) is 0.278. The number of unbranched alkanes of at least 4 members (excludes halogenated alkanes) is 1. The van der Waals surface area contributed by atoms with E-state index >= 15 is 0 Å². The summed E-state index contributed by atoms with van der Waals surface area (Å²) in [7, 11) is 0. The molecule has 0 aromatic heterocycles. The molecule has 132 valence electrons. The van der Waals surface area contributed by atoms with Gasteiger partial charge < -0.3 is 10.6 Å². The second kappa shape index (κ2) is 9.15. The van der Waals surface area contributed by atoms with E-state index < -0.39 is 11.0 Å². The lowest BCUT2D eigenvalue weighted by Gasteiger charge is -2.19. The molecule has 2 N–H and O–H groups in total. The number of carbonyl (C=O) groups excluding carboxylic acids is 1. The van der Waals surface area contributed by atoms with Gasteiger partial charge in [-0.3, -0.25) is 14.9 Å². The van der Waals surface area contributed by atoms with Gasteiger partial charge in [0.15, 0.2) is 0 Å². The number of hydrogen-bond donors (Lipinski definition) is 2. The van der Waals surface area contributed by atoms with Gasteiger partial charge in [-0.05, 0) is 30.7 Å². The van der Waals surface area contributed by atoms with E-state index in [-0.39, 0.29) is 16.6 Å². The van der Waals surface area contributed by atoms with Crippen molar-refractivity contribution in [3.05, 3.63) is 69.2 Å². The van der Waals surface area contributed by atoms with E-state index in [1.807, 2.05) is 30.3 Å². The molecule has 0 aliphatic rings. The Kier molecular flexibility index (Phi) is 6.91. The fourth-order valence-electron chi connectivity index (χ4n) is 2.38. The van der Waals surface area contributed by atoms with Crippen molar-refractivity contribution in [1.82, 2.24) is 5.32 Å². The van der Waals surface area contributed by atoms with Gasteiger partial charge in [0.05, 0.1) is 4.92 Å². The standard InChI is InChI=1S/C18H20ClN3O3/c1-2-3-11-20-17(13-7-5-4-6-8-13)18(23)21-14-9-10-15(19)16(12-14)22(24)25/h4-10,12,17,20H,2-3,11H2,1H3,(H,21,23)/t17-/m1/s1. The maximum absolute atomic E-state index is 12.7. The van der Waals surface area contributed by atoms with Crippen molar-refractivity contribution >= 4 is 28.9 Å². The molecule has 0 heterocycles. The highest BCUT2D eigenvalue weighted by Gasteiger charge is 2.21. The number of nitro groups is 1. The third-order valence-corrected chi connectivity index (χ3v) is 4.00. The highest BCUT2D eigenvalue weighted by Crippen LogP contribution is 2.28. The first-order valence-electron chi connectivity index (χ1n) is 8.06. The van der Waals surface area contributed by atoms with Gasteiger partial charge in [-0.15, -0.1) is 0 Å². The van der Waals surface area contributed by atoms with Crippen LogP contribution >= 0.6 is 11.6 Å². The Hall–Kier alpha value is -2.44. The second-order valence-corrected chi connectivity index (χ2v) is 5.97. The van der Waals surface area contributed by atoms with Crippen LogP contribution in [0.2, 0.25) is 5.02 Å². The Balaban J connectivity index is 2.19. The third-order valence-electron chi connectivity index (χ3n) is 3.68. The number of nitrogens with zero attached hydrogens (tertiary/aromatic N) is 1. The smallest absolute Gasteiger partial charge is 0.289 e. The number of nitrogens with one attached hydrogen (secondary N) is 2. The highest BCUT2D eigenvalue weighted by molar-refractivity contribution is 6.32. The molecule has 25 heavy (non-hydrogen) atoms. The van der Waals surface area contributed by atoms with Gasteiger partial charge in [0.25, 0.3) is 5.69 Å². The molecule has 1 atom stereocenters. The van der Waals surface area contributed by atoms with Crippen molar-refractivity contribution in [1.29, 1.82) is 0 Å². The normalized spacial score (nSPS) is 11.8. The summed E-state index contributed by atoms with van der Waals surface area (Å²) in [5.74, 6) is -0.279. The number of nitro benzene ring substituents is 1. The molecule has 7 heteroatoms. The maximum Gasteiger partial charge on any atom is 0.289 e. The first kappa shape index (κ1) is 18.9.